The standard InChI is InChI=1S/C47H51N3O21S5/c1-46(2)39(48(20-23-70-21-17-43(53)71-50-41(51)15-16-42(50)52)35-13-11-31-33(44(35)46)25-29(73(57,58)59)27-37(31)75(63,64)65)9-6-5-7-10-40-47(3,18-8-24-72(54,55)56)45-34-26-30(74(60,61)62)28-38(76(66,67)68)32(34)12-14-36(45)49(40)19-22-69-4/h5-7,9-14,25-28H,8,15-24H2,1-4H3,(H4-,54,55,56,57,58,59,60,61,62,63,64,65,66,67,68)/p+1. The van der Waals surface area contributed by atoms with E-state index in [0.717, 1.165) is 12.1 Å². The van der Waals surface area contributed by atoms with Crippen LogP contribution in [-0.4, -0.2) is 144 Å². The Labute approximate surface area is 437 Å². The molecule has 3 aliphatic rings. The van der Waals surface area contributed by atoms with Crippen molar-refractivity contribution >= 4 is 107 Å². The molecule has 1 fully saturated rings. The van der Waals surface area contributed by atoms with Crippen molar-refractivity contribution in [3.8, 4) is 0 Å². The van der Waals surface area contributed by atoms with E-state index >= 15 is 0 Å². The Bertz CT molecular complexity index is 3810. The molecule has 1 atom stereocenters. The van der Waals surface area contributed by atoms with Gasteiger partial charge in [-0.25, -0.2) is 4.79 Å². The summed E-state index contributed by atoms with van der Waals surface area (Å²) in [6.45, 7) is 5.15. The zero-order valence-corrected chi connectivity index (χ0v) is 45.0. The number of ether oxygens (including phenoxy) is 2. The summed E-state index contributed by atoms with van der Waals surface area (Å²) >= 11 is 0. The van der Waals surface area contributed by atoms with Crippen LogP contribution in [0.15, 0.2) is 104 Å². The molecule has 4 aromatic carbocycles. The van der Waals surface area contributed by atoms with Gasteiger partial charge >= 0.3 is 5.97 Å². The fourth-order valence-corrected chi connectivity index (χ4v) is 13.2. The second-order valence-electron chi connectivity index (χ2n) is 18.6. The van der Waals surface area contributed by atoms with E-state index in [1.54, 1.807) is 66.7 Å². The molecule has 3 heterocycles. The van der Waals surface area contributed by atoms with Crippen LogP contribution in [0.3, 0.4) is 0 Å². The minimum Gasteiger partial charge on any atom is -0.383 e. The average molecular weight is 1160 g/mol. The lowest BCUT2D eigenvalue weighted by Crippen LogP contribution is -2.32. The van der Waals surface area contributed by atoms with E-state index in [0.29, 0.717) is 45.5 Å². The third-order valence-electron chi connectivity index (χ3n) is 13.2. The normalized spacial score (nSPS) is 18.9. The second-order valence-corrected chi connectivity index (χ2v) is 25.8. The summed E-state index contributed by atoms with van der Waals surface area (Å²) in [5, 5.41) is 0.221. The van der Waals surface area contributed by atoms with Gasteiger partial charge in [-0.05, 0) is 92.4 Å². The Balaban J connectivity index is 1.32. The highest BCUT2D eigenvalue weighted by molar-refractivity contribution is 7.87. The van der Waals surface area contributed by atoms with E-state index in [-0.39, 0.29) is 92.1 Å². The zero-order chi connectivity index (χ0) is 56.1. The van der Waals surface area contributed by atoms with Gasteiger partial charge in [0.25, 0.3) is 62.4 Å². The Morgan fingerprint density at radius 1 is 0.697 bits per heavy atom. The van der Waals surface area contributed by atoms with E-state index in [1.807, 2.05) is 0 Å². The summed E-state index contributed by atoms with van der Waals surface area (Å²) in [6, 6.07) is 9.11. The highest BCUT2D eigenvalue weighted by Gasteiger charge is 2.47. The molecule has 1 saturated heterocycles. The van der Waals surface area contributed by atoms with E-state index in [1.165, 1.54) is 25.3 Å². The number of amides is 2. The number of methoxy groups -OCH3 is 1. The predicted octanol–water partition coefficient (Wildman–Crippen LogP) is 4.46. The van der Waals surface area contributed by atoms with Crippen molar-refractivity contribution in [3.05, 3.63) is 95.7 Å². The van der Waals surface area contributed by atoms with Gasteiger partial charge in [-0.2, -0.15) is 46.7 Å². The molecular formula is C47H52N3O21S5+. The Morgan fingerprint density at radius 3 is 1.80 bits per heavy atom. The van der Waals surface area contributed by atoms with Gasteiger partial charge in [0.15, 0.2) is 12.3 Å². The first kappa shape index (κ1) is 57.9. The molecule has 2 amide bonds. The fraction of sp³-hybridized carbons (Fsp3) is 0.362. The molecule has 0 bridgehead atoms. The number of nitrogens with zero attached hydrogens (tertiary/aromatic N) is 3. The van der Waals surface area contributed by atoms with Crippen molar-refractivity contribution in [2.24, 2.45) is 0 Å². The number of hydrogen-bond acceptors (Lipinski definition) is 17. The van der Waals surface area contributed by atoms with E-state index < -0.39 is 105 Å². The van der Waals surface area contributed by atoms with Gasteiger partial charge in [-0.15, -0.1) is 5.06 Å². The van der Waals surface area contributed by atoms with Crippen molar-refractivity contribution < 1.29 is 98.1 Å². The molecular weight excluding hydrogens is 1100 g/mol. The first-order chi connectivity index (χ1) is 35.2. The van der Waals surface area contributed by atoms with Gasteiger partial charge in [-0.3, -0.25) is 32.4 Å². The minimum absolute atomic E-state index is 0.0252. The maximum Gasteiger partial charge on any atom is 0.335 e. The number of benzene rings is 4. The largest absolute Gasteiger partial charge is 0.383 e. The van der Waals surface area contributed by atoms with E-state index in [4.69, 9.17) is 14.3 Å². The number of carbonyl (C=O) groups is 3. The van der Waals surface area contributed by atoms with Gasteiger partial charge < -0.3 is 19.2 Å². The Kier molecular flexibility index (Phi) is 16.1. The predicted molar refractivity (Wildman–Crippen MR) is 271 cm³/mol. The van der Waals surface area contributed by atoms with Gasteiger partial charge in [0.2, 0.25) is 5.69 Å². The van der Waals surface area contributed by atoms with E-state index in [2.05, 4.69) is 0 Å². The molecule has 5 N–H and O–H groups in total. The molecule has 0 saturated carbocycles. The molecule has 0 radical (unpaired) electrons. The first-order valence-electron chi connectivity index (χ1n) is 22.9. The van der Waals surface area contributed by atoms with Crippen molar-refractivity contribution in [3.63, 3.8) is 0 Å². The van der Waals surface area contributed by atoms with E-state index in [9.17, 15) is 79.2 Å². The molecule has 76 heavy (non-hydrogen) atoms. The molecule has 4 aromatic rings. The number of hydroxylamine groups is 2. The maximum atomic E-state index is 12.7. The van der Waals surface area contributed by atoms with Crippen LogP contribution in [0.5, 0.6) is 0 Å². The number of anilines is 1. The van der Waals surface area contributed by atoms with Crippen LogP contribution in [0.4, 0.5) is 11.4 Å². The van der Waals surface area contributed by atoms with Crippen molar-refractivity contribution in [2.75, 3.05) is 50.7 Å². The van der Waals surface area contributed by atoms with Crippen LogP contribution in [0.25, 0.3) is 21.5 Å². The highest BCUT2D eigenvalue weighted by Crippen LogP contribution is 2.54. The summed E-state index contributed by atoms with van der Waals surface area (Å²) < 4.78 is 188. The number of carbonyl (C=O) groups excluding carboxylic acids is 3. The number of allylic oxidation sites excluding steroid dienone is 6. The molecule has 410 valence electrons. The highest BCUT2D eigenvalue weighted by atomic mass is 32.2. The SMILES string of the molecule is COCCN1C(=CC=CC=CC2=[N+](CCOCCC(=O)ON3C(=O)CCC3=O)c3ccc4c(S(=O)(=O)O)cc(S(=O)(=O)O)cc4c3C2(C)C)C(C)(CCCS(=O)(=O)O)c2c1ccc1c(S(=O)(=O)O)cc(S(=O)(=O)O)cc21. The third kappa shape index (κ3) is 11.8. The monoisotopic (exact) mass is 1150 g/mol. The molecule has 0 spiro atoms. The number of hydrogen-bond donors (Lipinski definition) is 5. The van der Waals surface area contributed by atoms with Crippen LogP contribution >= 0.6 is 0 Å². The van der Waals surface area contributed by atoms with Gasteiger partial charge in [0.05, 0.1) is 40.6 Å². The lowest BCUT2D eigenvalue weighted by atomic mass is 9.75. The summed E-state index contributed by atoms with van der Waals surface area (Å²) in [4.78, 5) is 39.7. The second kappa shape index (κ2) is 21.2. The minimum atomic E-state index is -5.12. The zero-order valence-electron chi connectivity index (χ0n) is 40.9. The van der Waals surface area contributed by atoms with Crippen molar-refractivity contribution in [1.82, 2.24) is 5.06 Å². The molecule has 1 unspecified atom stereocenters. The lowest BCUT2D eigenvalue weighted by molar-refractivity contribution is -0.442. The number of imide groups is 1. The van der Waals surface area contributed by atoms with Crippen LogP contribution < -0.4 is 4.90 Å². The van der Waals surface area contributed by atoms with Crippen LogP contribution in [0.2, 0.25) is 0 Å². The van der Waals surface area contributed by atoms with Crippen LogP contribution in [0.1, 0.15) is 64.0 Å². The molecule has 0 aliphatic carbocycles. The molecule has 3 aliphatic heterocycles. The molecule has 7 rings (SSSR count). The van der Waals surface area contributed by atoms with Crippen molar-refractivity contribution in [2.45, 2.75) is 83.3 Å². The van der Waals surface area contributed by atoms with Crippen LogP contribution in [-0.2, 0) is 90.1 Å². The maximum absolute atomic E-state index is 12.7. The quantitative estimate of drug-likeness (QED) is 0.0253. The summed E-state index contributed by atoms with van der Waals surface area (Å²) in [5.41, 5.74) is -0.0145. The third-order valence-corrected chi connectivity index (χ3v) is 17.5. The molecule has 0 aromatic heterocycles. The number of fused-ring (bicyclic) bond motifs is 6. The summed E-state index contributed by atoms with van der Waals surface area (Å²) in [7, 11) is -23.4. The van der Waals surface area contributed by atoms with Gasteiger partial charge in [-0.1, -0.05) is 24.3 Å². The lowest BCUT2D eigenvalue weighted by Gasteiger charge is -2.30. The Hall–Kier alpha value is -5.83. The smallest absolute Gasteiger partial charge is 0.335 e. The first-order valence-corrected chi connectivity index (χ1v) is 30.3. The summed E-state index contributed by atoms with van der Waals surface area (Å²) in [6.07, 6.45) is 7.38. The summed E-state index contributed by atoms with van der Waals surface area (Å²) in [5.74, 6) is -2.93. The van der Waals surface area contributed by atoms with Crippen molar-refractivity contribution in [1.29, 1.82) is 0 Å². The van der Waals surface area contributed by atoms with Gasteiger partial charge in [0, 0.05) is 71.8 Å². The number of rotatable bonds is 21. The van der Waals surface area contributed by atoms with Gasteiger partial charge in [0.1, 0.15) is 16.4 Å². The average Bonchev–Trinajstić information content (AvgIpc) is 3.84. The molecule has 29 heteroatoms. The Morgan fingerprint density at radius 2 is 1.26 bits per heavy atom. The topological polar surface area (TPSA) is 360 Å². The van der Waals surface area contributed by atoms with Crippen LogP contribution in [0, 0.1) is 0 Å². The fourth-order valence-electron chi connectivity index (χ4n) is 9.96. The molecule has 24 nitrogen and oxygen atoms in total.